The fraction of sp³-hybridized carbons (Fsp3) is 0.167. The first-order chi connectivity index (χ1) is 12.7. The SMILES string of the molecule is CC1(c2cc(F)ccc2F)NC(=O)N(CC(=O)Nc2cccc(F)c2)C1=O. The number of nitrogens with one attached hydrogen (secondary N) is 2. The molecule has 3 rings (SSSR count). The van der Waals surface area contributed by atoms with E-state index >= 15 is 0 Å². The molecule has 2 aromatic carbocycles. The zero-order chi connectivity index (χ0) is 19.8. The number of anilines is 1. The van der Waals surface area contributed by atoms with Crippen LogP contribution in [0.4, 0.5) is 23.7 Å². The molecule has 9 heteroatoms. The van der Waals surface area contributed by atoms with Crippen molar-refractivity contribution in [2.75, 3.05) is 11.9 Å². The van der Waals surface area contributed by atoms with Crippen LogP contribution < -0.4 is 10.6 Å². The van der Waals surface area contributed by atoms with Crippen molar-refractivity contribution in [3.63, 3.8) is 0 Å². The van der Waals surface area contributed by atoms with Gasteiger partial charge in [0.25, 0.3) is 5.91 Å². The lowest BCUT2D eigenvalue weighted by Gasteiger charge is -2.22. The van der Waals surface area contributed by atoms with E-state index in [-0.39, 0.29) is 11.3 Å². The average Bonchev–Trinajstić information content (AvgIpc) is 2.81. The summed E-state index contributed by atoms with van der Waals surface area (Å²) in [6, 6.07) is 6.66. The summed E-state index contributed by atoms with van der Waals surface area (Å²) in [6.07, 6.45) is 0. The van der Waals surface area contributed by atoms with Gasteiger partial charge in [-0.25, -0.2) is 18.0 Å². The minimum atomic E-state index is -1.86. The highest BCUT2D eigenvalue weighted by atomic mass is 19.1. The maximum atomic E-state index is 14.1. The van der Waals surface area contributed by atoms with E-state index in [0.29, 0.717) is 4.90 Å². The Kier molecular flexibility index (Phi) is 4.61. The van der Waals surface area contributed by atoms with Gasteiger partial charge in [0.05, 0.1) is 0 Å². The first kappa shape index (κ1) is 18.4. The number of hydrogen-bond acceptors (Lipinski definition) is 3. The Balaban J connectivity index is 1.79. The molecule has 140 valence electrons. The Labute approximate surface area is 152 Å². The summed E-state index contributed by atoms with van der Waals surface area (Å²) in [6.45, 7) is 0.545. The normalized spacial score (nSPS) is 19.2. The van der Waals surface area contributed by atoms with Crippen molar-refractivity contribution >= 4 is 23.5 Å². The van der Waals surface area contributed by atoms with Gasteiger partial charge in [0.2, 0.25) is 5.91 Å². The lowest BCUT2D eigenvalue weighted by molar-refractivity contribution is -0.133. The van der Waals surface area contributed by atoms with E-state index in [9.17, 15) is 27.6 Å². The molecule has 1 unspecified atom stereocenters. The second kappa shape index (κ2) is 6.75. The molecule has 2 aromatic rings. The van der Waals surface area contributed by atoms with Crippen LogP contribution in [0.15, 0.2) is 42.5 Å². The number of urea groups is 1. The van der Waals surface area contributed by atoms with Crippen LogP contribution >= 0.6 is 0 Å². The first-order valence-corrected chi connectivity index (χ1v) is 7.86. The quantitative estimate of drug-likeness (QED) is 0.804. The maximum Gasteiger partial charge on any atom is 0.325 e. The number of benzene rings is 2. The number of halogens is 3. The van der Waals surface area contributed by atoms with E-state index < -0.39 is 47.4 Å². The van der Waals surface area contributed by atoms with E-state index in [2.05, 4.69) is 10.6 Å². The lowest BCUT2D eigenvalue weighted by Crippen LogP contribution is -2.42. The van der Waals surface area contributed by atoms with Gasteiger partial charge in [0.15, 0.2) is 0 Å². The fourth-order valence-corrected chi connectivity index (χ4v) is 2.81. The zero-order valence-electron chi connectivity index (χ0n) is 14.1. The van der Waals surface area contributed by atoms with Crippen LogP contribution in [0.3, 0.4) is 0 Å². The highest BCUT2D eigenvalue weighted by molar-refractivity contribution is 6.10. The Morgan fingerprint density at radius 2 is 1.81 bits per heavy atom. The summed E-state index contributed by atoms with van der Waals surface area (Å²) in [4.78, 5) is 37.5. The summed E-state index contributed by atoms with van der Waals surface area (Å²) < 4.78 is 40.7. The van der Waals surface area contributed by atoms with Crippen LogP contribution in [0.1, 0.15) is 12.5 Å². The van der Waals surface area contributed by atoms with Crippen molar-refractivity contribution in [1.82, 2.24) is 10.2 Å². The summed E-state index contributed by atoms with van der Waals surface area (Å²) >= 11 is 0. The Bertz CT molecular complexity index is 950. The molecule has 0 saturated carbocycles. The van der Waals surface area contributed by atoms with E-state index in [1.165, 1.54) is 25.1 Å². The lowest BCUT2D eigenvalue weighted by atomic mass is 9.91. The molecule has 1 aliphatic rings. The van der Waals surface area contributed by atoms with Gasteiger partial charge >= 0.3 is 6.03 Å². The largest absolute Gasteiger partial charge is 0.325 e. The van der Waals surface area contributed by atoms with Crippen LogP contribution in [-0.2, 0) is 15.1 Å². The van der Waals surface area contributed by atoms with Crippen molar-refractivity contribution in [2.24, 2.45) is 0 Å². The van der Waals surface area contributed by atoms with E-state index in [1.54, 1.807) is 0 Å². The molecule has 1 aliphatic heterocycles. The minimum Gasteiger partial charge on any atom is -0.324 e. The number of hydrogen-bond donors (Lipinski definition) is 2. The van der Waals surface area contributed by atoms with E-state index in [4.69, 9.17) is 0 Å². The summed E-state index contributed by atoms with van der Waals surface area (Å²) in [7, 11) is 0. The summed E-state index contributed by atoms with van der Waals surface area (Å²) in [5.74, 6) is -3.90. The predicted molar refractivity (Wildman–Crippen MR) is 89.0 cm³/mol. The molecule has 0 radical (unpaired) electrons. The molecule has 1 fully saturated rings. The van der Waals surface area contributed by atoms with Crippen LogP contribution in [0, 0.1) is 17.5 Å². The minimum absolute atomic E-state index is 0.144. The molecule has 0 spiro atoms. The number of amides is 4. The van der Waals surface area contributed by atoms with Gasteiger partial charge in [0, 0.05) is 11.3 Å². The average molecular weight is 377 g/mol. The predicted octanol–water partition coefficient (Wildman–Crippen LogP) is 2.51. The van der Waals surface area contributed by atoms with Crippen LogP contribution in [0.5, 0.6) is 0 Å². The first-order valence-electron chi connectivity index (χ1n) is 7.86. The monoisotopic (exact) mass is 377 g/mol. The third-order valence-corrected chi connectivity index (χ3v) is 4.15. The molecule has 4 amide bonds. The number of rotatable bonds is 4. The van der Waals surface area contributed by atoms with Gasteiger partial charge in [-0.2, -0.15) is 0 Å². The molecule has 1 heterocycles. The van der Waals surface area contributed by atoms with Crippen LogP contribution in [0.2, 0.25) is 0 Å². The fourth-order valence-electron chi connectivity index (χ4n) is 2.81. The maximum absolute atomic E-state index is 14.1. The molecule has 0 aromatic heterocycles. The number of imide groups is 1. The van der Waals surface area contributed by atoms with Gasteiger partial charge in [0.1, 0.15) is 29.5 Å². The number of carbonyl (C=O) groups is 3. The second-order valence-corrected chi connectivity index (χ2v) is 6.13. The topological polar surface area (TPSA) is 78.5 Å². The highest BCUT2D eigenvalue weighted by Crippen LogP contribution is 2.31. The van der Waals surface area contributed by atoms with Crippen molar-refractivity contribution < 1.29 is 27.6 Å². The molecule has 2 N–H and O–H groups in total. The Morgan fingerprint density at radius 3 is 2.52 bits per heavy atom. The third-order valence-electron chi connectivity index (χ3n) is 4.15. The zero-order valence-corrected chi connectivity index (χ0v) is 14.1. The van der Waals surface area contributed by atoms with Gasteiger partial charge in [-0.05, 0) is 43.3 Å². The summed E-state index contributed by atoms with van der Waals surface area (Å²) in [5, 5.41) is 4.64. The molecule has 27 heavy (non-hydrogen) atoms. The van der Waals surface area contributed by atoms with Crippen LogP contribution in [-0.4, -0.2) is 29.3 Å². The van der Waals surface area contributed by atoms with Crippen molar-refractivity contribution in [2.45, 2.75) is 12.5 Å². The molecular formula is C18H14F3N3O3. The van der Waals surface area contributed by atoms with Gasteiger partial charge in [-0.15, -0.1) is 0 Å². The molecule has 0 aliphatic carbocycles. The third kappa shape index (κ3) is 3.48. The van der Waals surface area contributed by atoms with Gasteiger partial charge < -0.3 is 10.6 Å². The van der Waals surface area contributed by atoms with E-state index in [0.717, 1.165) is 24.3 Å². The van der Waals surface area contributed by atoms with Crippen molar-refractivity contribution in [3.05, 3.63) is 65.5 Å². The molecular weight excluding hydrogens is 363 g/mol. The molecule has 1 atom stereocenters. The molecule has 1 saturated heterocycles. The van der Waals surface area contributed by atoms with Gasteiger partial charge in [-0.3, -0.25) is 14.5 Å². The standard InChI is InChI=1S/C18H14F3N3O3/c1-18(13-8-11(20)5-6-14(13)21)16(26)24(17(27)23-18)9-15(25)22-12-4-2-3-10(19)7-12/h2-8H,9H2,1H3,(H,22,25)(H,23,27). The summed E-state index contributed by atoms with van der Waals surface area (Å²) in [5.41, 5.74) is -2.07. The second-order valence-electron chi connectivity index (χ2n) is 6.13. The van der Waals surface area contributed by atoms with Crippen LogP contribution in [0.25, 0.3) is 0 Å². The Hall–Kier alpha value is -3.36. The molecule has 6 nitrogen and oxygen atoms in total. The highest BCUT2D eigenvalue weighted by Gasteiger charge is 2.50. The number of carbonyl (C=O) groups excluding carboxylic acids is 3. The molecule has 0 bridgehead atoms. The Morgan fingerprint density at radius 1 is 1.11 bits per heavy atom. The van der Waals surface area contributed by atoms with E-state index in [1.807, 2.05) is 0 Å². The van der Waals surface area contributed by atoms with Gasteiger partial charge in [-0.1, -0.05) is 6.07 Å². The smallest absolute Gasteiger partial charge is 0.324 e. The number of nitrogens with zero attached hydrogens (tertiary/aromatic N) is 1. The van der Waals surface area contributed by atoms with Crippen molar-refractivity contribution in [1.29, 1.82) is 0 Å². The van der Waals surface area contributed by atoms with Crippen molar-refractivity contribution in [3.8, 4) is 0 Å².